The summed E-state index contributed by atoms with van der Waals surface area (Å²) in [6.07, 6.45) is -1.29. The van der Waals surface area contributed by atoms with Crippen LogP contribution >= 0.6 is 0 Å². The molecule has 0 spiro atoms. The van der Waals surface area contributed by atoms with Gasteiger partial charge in [0.1, 0.15) is 18.6 Å². The van der Waals surface area contributed by atoms with E-state index in [1.54, 1.807) is 66.7 Å². The summed E-state index contributed by atoms with van der Waals surface area (Å²) in [5.41, 5.74) is 2.00. The Kier molecular flexibility index (Phi) is 8.70. The topological polar surface area (TPSA) is 142 Å². The number of Topliss-reactive ketones (excluding diaryl/α,β-unsaturated/α-hetero) is 2. The molecule has 0 aliphatic carbocycles. The third kappa shape index (κ3) is 6.41. The van der Waals surface area contributed by atoms with Crippen LogP contribution in [0.4, 0.5) is 5.69 Å². The molecule has 3 amide bonds. The molecular formula is C30H26N4O6. The van der Waals surface area contributed by atoms with Gasteiger partial charge < -0.3 is 15.4 Å². The second-order valence-electron chi connectivity index (χ2n) is 9.07. The quantitative estimate of drug-likeness (QED) is 0.229. The molecule has 10 nitrogen and oxygen atoms in total. The number of carbonyl (C=O) groups is 6. The Hall–Kier alpha value is -5.25. The number of aldehydes is 1. The fraction of sp³-hybridized carbons (Fsp3) is 0.167. The van der Waals surface area contributed by atoms with Crippen molar-refractivity contribution in [2.24, 2.45) is 4.99 Å². The lowest BCUT2D eigenvalue weighted by Crippen LogP contribution is -2.52. The fourth-order valence-electron chi connectivity index (χ4n) is 4.26. The normalized spacial score (nSPS) is 15.1. The zero-order chi connectivity index (χ0) is 28.6. The minimum Gasteiger partial charge on any atom is -0.345 e. The summed E-state index contributed by atoms with van der Waals surface area (Å²) in [5.74, 6) is -3.65. The average Bonchev–Trinajstić information content (AvgIpc) is 3.07. The van der Waals surface area contributed by atoms with E-state index < -0.39 is 42.3 Å². The van der Waals surface area contributed by atoms with Crippen LogP contribution in [0.5, 0.6) is 0 Å². The van der Waals surface area contributed by atoms with Gasteiger partial charge in [-0.1, -0.05) is 78.9 Å². The highest BCUT2D eigenvalue weighted by atomic mass is 16.2. The predicted octanol–water partition coefficient (Wildman–Crippen LogP) is 1.86. The van der Waals surface area contributed by atoms with E-state index in [1.807, 2.05) is 6.07 Å². The third-order valence-electron chi connectivity index (χ3n) is 6.09. The van der Waals surface area contributed by atoms with Crippen LogP contribution in [0.15, 0.2) is 89.9 Å². The van der Waals surface area contributed by atoms with Gasteiger partial charge >= 0.3 is 0 Å². The number of amides is 3. The van der Waals surface area contributed by atoms with Gasteiger partial charge in [-0.25, -0.2) is 4.99 Å². The van der Waals surface area contributed by atoms with E-state index in [0.29, 0.717) is 28.8 Å². The van der Waals surface area contributed by atoms with Crippen molar-refractivity contribution < 1.29 is 28.8 Å². The average molecular weight is 539 g/mol. The molecule has 202 valence electrons. The molecule has 0 aromatic heterocycles. The van der Waals surface area contributed by atoms with Crippen LogP contribution in [0.25, 0.3) is 0 Å². The van der Waals surface area contributed by atoms with Gasteiger partial charge in [0.05, 0.1) is 17.4 Å². The van der Waals surface area contributed by atoms with Crippen molar-refractivity contribution in [3.05, 3.63) is 102 Å². The van der Waals surface area contributed by atoms with Crippen LogP contribution in [-0.2, 0) is 24.0 Å². The lowest BCUT2D eigenvalue weighted by molar-refractivity contribution is -0.127. The number of para-hydroxylation sites is 1. The molecule has 40 heavy (non-hydrogen) atoms. The highest BCUT2D eigenvalue weighted by Crippen LogP contribution is 2.28. The summed E-state index contributed by atoms with van der Waals surface area (Å²) in [5, 5.41) is 4.88. The number of benzodiazepines with no additional fused rings is 1. The third-order valence-corrected chi connectivity index (χ3v) is 6.09. The number of carbonyl (C=O) groups excluding carboxylic acids is 6. The molecule has 10 heteroatoms. The zero-order valence-corrected chi connectivity index (χ0v) is 21.6. The molecular weight excluding hydrogens is 512 g/mol. The van der Waals surface area contributed by atoms with Gasteiger partial charge in [0, 0.05) is 23.1 Å². The summed E-state index contributed by atoms with van der Waals surface area (Å²) >= 11 is 0. The molecule has 0 bridgehead atoms. The van der Waals surface area contributed by atoms with E-state index >= 15 is 0 Å². The van der Waals surface area contributed by atoms with Crippen LogP contribution in [-0.4, -0.2) is 60.0 Å². The fourth-order valence-corrected chi connectivity index (χ4v) is 4.26. The molecule has 0 saturated carbocycles. The smallest absolute Gasteiger partial charge is 0.294 e. The van der Waals surface area contributed by atoms with E-state index in [9.17, 15) is 28.8 Å². The first kappa shape index (κ1) is 27.8. The summed E-state index contributed by atoms with van der Waals surface area (Å²) in [6.45, 7) is 0.762. The van der Waals surface area contributed by atoms with E-state index in [-0.39, 0.29) is 17.8 Å². The molecule has 2 atom stereocenters. The Bertz CT molecular complexity index is 1490. The zero-order valence-electron chi connectivity index (χ0n) is 21.6. The van der Waals surface area contributed by atoms with E-state index in [2.05, 4.69) is 15.6 Å². The Morgan fingerprint density at radius 2 is 1.55 bits per heavy atom. The van der Waals surface area contributed by atoms with Crippen molar-refractivity contribution in [1.82, 2.24) is 10.6 Å². The maximum Gasteiger partial charge on any atom is 0.294 e. The molecule has 0 saturated heterocycles. The summed E-state index contributed by atoms with van der Waals surface area (Å²) in [4.78, 5) is 81.1. The van der Waals surface area contributed by atoms with Crippen molar-refractivity contribution in [2.75, 3.05) is 11.4 Å². The van der Waals surface area contributed by atoms with Gasteiger partial charge in [0.15, 0.2) is 0 Å². The number of nitrogens with one attached hydrogen (secondary N) is 2. The Morgan fingerprint density at radius 1 is 0.925 bits per heavy atom. The Labute approximate surface area is 230 Å². The molecule has 4 rings (SSSR count). The van der Waals surface area contributed by atoms with Gasteiger partial charge in [-0.2, -0.15) is 0 Å². The molecule has 3 aromatic carbocycles. The first-order chi connectivity index (χ1) is 19.3. The standard InChI is InChI=1S/C30H26N4O6/c1-19(36)16-22(18-35)31-25(37)17-34-24-15-9-8-14-23(24)26(20-10-4-2-5-11-20)32-28(30(34)40)33-29(39)27(38)21-12-6-3-7-13-21/h2-15,18,22,28H,16-17H2,1H3,(H,31,37)(H,33,39)/t22-,28?/m0/s1. The van der Waals surface area contributed by atoms with Crippen molar-refractivity contribution >= 4 is 47.0 Å². The summed E-state index contributed by atoms with van der Waals surface area (Å²) in [7, 11) is 0. The monoisotopic (exact) mass is 538 g/mol. The number of anilines is 1. The minimum atomic E-state index is -1.55. The van der Waals surface area contributed by atoms with Crippen molar-refractivity contribution in [3.8, 4) is 0 Å². The number of fused-ring (bicyclic) bond motifs is 1. The largest absolute Gasteiger partial charge is 0.345 e. The van der Waals surface area contributed by atoms with Crippen LogP contribution < -0.4 is 15.5 Å². The van der Waals surface area contributed by atoms with Gasteiger partial charge in [-0.05, 0) is 13.0 Å². The SMILES string of the molecule is CC(=O)C[C@@H](C=O)NC(=O)CN1C(=O)C(NC(=O)C(=O)c2ccccc2)N=C(c2ccccc2)c2ccccc21. The number of rotatable bonds is 10. The van der Waals surface area contributed by atoms with Gasteiger partial charge in [-0.3, -0.25) is 28.9 Å². The summed E-state index contributed by atoms with van der Waals surface area (Å²) in [6, 6.07) is 22.6. The first-order valence-electron chi connectivity index (χ1n) is 12.5. The maximum atomic E-state index is 13.8. The maximum absolute atomic E-state index is 13.8. The van der Waals surface area contributed by atoms with E-state index in [1.165, 1.54) is 19.1 Å². The van der Waals surface area contributed by atoms with Gasteiger partial charge in [0.25, 0.3) is 11.8 Å². The highest BCUT2D eigenvalue weighted by Gasteiger charge is 2.35. The number of benzene rings is 3. The van der Waals surface area contributed by atoms with Crippen LogP contribution in [0, 0.1) is 0 Å². The minimum absolute atomic E-state index is 0.137. The lowest BCUT2D eigenvalue weighted by Gasteiger charge is -2.25. The van der Waals surface area contributed by atoms with Crippen molar-refractivity contribution in [2.45, 2.75) is 25.6 Å². The molecule has 3 aromatic rings. The Morgan fingerprint density at radius 3 is 2.20 bits per heavy atom. The van der Waals surface area contributed by atoms with Crippen molar-refractivity contribution in [1.29, 1.82) is 0 Å². The number of aliphatic imine (C=N–C) groups is 1. The van der Waals surface area contributed by atoms with E-state index in [4.69, 9.17) is 0 Å². The number of hydrogen-bond donors (Lipinski definition) is 2. The van der Waals surface area contributed by atoms with Crippen molar-refractivity contribution in [3.63, 3.8) is 0 Å². The predicted molar refractivity (Wildman–Crippen MR) is 147 cm³/mol. The molecule has 1 aliphatic rings. The molecule has 1 aliphatic heterocycles. The lowest BCUT2D eigenvalue weighted by atomic mass is 10.0. The second-order valence-corrected chi connectivity index (χ2v) is 9.07. The van der Waals surface area contributed by atoms with Crippen LogP contribution in [0.3, 0.4) is 0 Å². The molecule has 1 heterocycles. The molecule has 0 fully saturated rings. The summed E-state index contributed by atoms with van der Waals surface area (Å²) < 4.78 is 0. The second kappa shape index (κ2) is 12.5. The number of ketones is 2. The van der Waals surface area contributed by atoms with Gasteiger partial charge in [-0.15, -0.1) is 0 Å². The number of nitrogens with zero attached hydrogens (tertiary/aromatic N) is 2. The van der Waals surface area contributed by atoms with Gasteiger partial charge in [0.2, 0.25) is 17.9 Å². The van der Waals surface area contributed by atoms with E-state index in [0.717, 1.165) is 4.90 Å². The first-order valence-corrected chi connectivity index (χ1v) is 12.5. The highest BCUT2D eigenvalue weighted by molar-refractivity contribution is 6.43. The number of hydrogen-bond acceptors (Lipinski definition) is 7. The molecule has 2 N–H and O–H groups in total. The molecule has 1 unspecified atom stereocenters. The molecule has 0 radical (unpaired) electrons. The Balaban J connectivity index is 1.72. The van der Waals surface area contributed by atoms with Crippen LogP contribution in [0.1, 0.15) is 34.8 Å². The van der Waals surface area contributed by atoms with Crippen LogP contribution in [0.2, 0.25) is 0 Å².